The standard InChI is InChI=1S/C27H27N3O3/c1-27(22-9-3-2-4-10-22,16-18-11-13-19(14-12-18)24(28)29)26(33)30-17-21-8-6-5-7-20(21)15-23(30)25(31)32/h2-14,23H,15-17H2,1H3,(H3,28,29)(H,31,32)/t23-,27+/m0/s1. The first-order valence-corrected chi connectivity index (χ1v) is 10.9. The normalized spacial score (nSPS) is 17.0. The average molecular weight is 442 g/mol. The number of hydrogen-bond acceptors (Lipinski definition) is 3. The van der Waals surface area contributed by atoms with E-state index in [2.05, 4.69) is 0 Å². The van der Waals surface area contributed by atoms with Crippen LogP contribution in [0.25, 0.3) is 0 Å². The molecule has 0 spiro atoms. The second kappa shape index (κ2) is 8.90. The monoisotopic (exact) mass is 441 g/mol. The van der Waals surface area contributed by atoms with Gasteiger partial charge in [0.05, 0.1) is 5.41 Å². The summed E-state index contributed by atoms with van der Waals surface area (Å²) in [7, 11) is 0. The first kappa shape index (κ1) is 22.3. The summed E-state index contributed by atoms with van der Waals surface area (Å²) in [4.78, 5) is 27.8. The highest BCUT2D eigenvalue weighted by Gasteiger charge is 2.44. The number of nitrogen functional groups attached to an aromatic ring is 1. The number of nitrogens with one attached hydrogen (secondary N) is 1. The molecule has 0 saturated heterocycles. The number of carbonyl (C=O) groups excluding carboxylic acids is 1. The highest BCUT2D eigenvalue weighted by Crippen LogP contribution is 2.34. The van der Waals surface area contributed by atoms with E-state index in [9.17, 15) is 14.7 Å². The van der Waals surface area contributed by atoms with Gasteiger partial charge >= 0.3 is 5.97 Å². The van der Waals surface area contributed by atoms with Crippen LogP contribution in [0.4, 0.5) is 0 Å². The van der Waals surface area contributed by atoms with Crippen LogP contribution in [0.5, 0.6) is 0 Å². The Balaban J connectivity index is 1.74. The lowest BCUT2D eigenvalue weighted by Crippen LogP contribution is -2.55. The first-order chi connectivity index (χ1) is 15.8. The number of benzene rings is 3. The molecule has 0 radical (unpaired) electrons. The molecule has 1 aliphatic rings. The summed E-state index contributed by atoms with van der Waals surface area (Å²) in [5, 5.41) is 17.6. The number of rotatable bonds is 6. The third-order valence-corrected chi connectivity index (χ3v) is 6.50. The van der Waals surface area contributed by atoms with Crippen LogP contribution in [0.1, 0.15) is 34.7 Å². The number of carbonyl (C=O) groups is 2. The lowest BCUT2D eigenvalue weighted by molar-refractivity contribution is -0.154. The number of nitrogens with zero attached hydrogens (tertiary/aromatic N) is 1. The van der Waals surface area contributed by atoms with E-state index in [0.717, 1.165) is 22.3 Å². The predicted octanol–water partition coefficient (Wildman–Crippen LogP) is 3.51. The van der Waals surface area contributed by atoms with E-state index in [-0.39, 0.29) is 24.7 Å². The topological polar surface area (TPSA) is 107 Å². The number of hydrogen-bond donors (Lipinski definition) is 3. The zero-order valence-corrected chi connectivity index (χ0v) is 18.5. The minimum absolute atomic E-state index is 0.0141. The summed E-state index contributed by atoms with van der Waals surface area (Å²) in [5.41, 5.74) is 8.90. The van der Waals surface area contributed by atoms with Crippen molar-refractivity contribution in [3.63, 3.8) is 0 Å². The molecule has 2 atom stereocenters. The van der Waals surface area contributed by atoms with Crippen molar-refractivity contribution in [1.82, 2.24) is 4.90 Å². The Labute approximate surface area is 193 Å². The van der Waals surface area contributed by atoms with Gasteiger partial charge in [-0.25, -0.2) is 4.79 Å². The van der Waals surface area contributed by atoms with Crippen LogP contribution in [-0.4, -0.2) is 33.8 Å². The van der Waals surface area contributed by atoms with Gasteiger partial charge in [0.1, 0.15) is 11.9 Å². The van der Waals surface area contributed by atoms with Crippen molar-refractivity contribution in [2.75, 3.05) is 0 Å². The van der Waals surface area contributed by atoms with Gasteiger partial charge in [-0.1, -0.05) is 78.9 Å². The zero-order valence-electron chi connectivity index (χ0n) is 18.5. The molecule has 0 aliphatic carbocycles. The Morgan fingerprint density at radius 2 is 1.61 bits per heavy atom. The van der Waals surface area contributed by atoms with Crippen LogP contribution in [0.15, 0.2) is 78.9 Å². The van der Waals surface area contributed by atoms with Crippen molar-refractivity contribution in [3.05, 3.63) is 107 Å². The van der Waals surface area contributed by atoms with Gasteiger partial charge in [0.2, 0.25) is 5.91 Å². The Kier molecular flexibility index (Phi) is 6.01. The van der Waals surface area contributed by atoms with Crippen molar-refractivity contribution in [3.8, 4) is 0 Å². The Hall–Kier alpha value is -3.93. The number of nitrogens with two attached hydrogens (primary N) is 1. The van der Waals surface area contributed by atoms with E-state index >= 15 is 0 Å². The van der Waals surface area contributed by atoms with Crippen LogP contribution in [0.2, 0.25) is 0 Å². The molecule has 0 bridgehead atoms. The van der Waals surface area contributed by atoms with E-state index in [0.29, 0.717) is 12.0 Å². The van der Waals surface area contributed by atoms with Gasteiger partial charge in [0.15, 0.2) is 0 Å². The summed E-state index contributed by atoms with van der Waals surface area (Å²) in [5.74, 6) is -1.23. The van der Waals surface area contributed by atoms with Crippen LogP contribution < -0.4 is 5.73 Å². The van der Waals surface area contributed by atoms with Gasteiger partial charge < -0.3 is 15.7 Å². The molecule has 0 aromatic heterocycles. The molecule has 1 amide bonds. The highest BCUT2D eigenvalue weighted by atomic mass is 16.4. The number of carboxylic acids is 1. The fourth-order valence-corrected chi connectivity index (χ4v) is 4.59. The molecular formula is C27H27N3O3. The molecule has 1 aliphatic heterocycles. The Morgan fingerprint density at radius 3 is 2.21 bits per heavy atom. The number of carboxylic acid groups (broad SMARTS) is 1. The summed E-state index contributed by atoms with van der Waals surface area (Å²) in [6, 6.07) is 23.5. The van der Waals surface area contributed by atoms with Crippen LogP contribution >= 0.6 is 0 Å². The molecule has 1 heterocycles. The highest BCUT2D eigenvalue weighted by molar-refractivity contribution is 5.95. The van der Waals surface area contributed by atoms with E-state index in [1.807, 2.05) is 73.7 Å². The Bertz CT molecular complexity index is 1190. The molecule has 3 aromatic carbocycles. The van der Waals surface area contributed by atoms with Crippen LogP contribution in [0.3, 0.4) is 0 Å². The maximum atomic E-state index is 14.1. The van der Waals surface area contributed by atoms with Gasteiger partial charge in [-0.15, -0.1) is 0 Å². The van der Waals surface area contributed by atoms with Gasteiger partial charge in [0.25, 0.3) is 0 Å². The van der Waals surface area contributed by atoms with E-state index < -0.39 is 17.4 Å². The van der Waals surface area contributed by atoms with Crippen molar-refractivity contribution in [2.45, 2.75) is 37.8 Å². The molecule has 33 heavy (non-hydrogen) atoms. The molecule has 4 rings (SSSR count). The molecule has 6 heteroatoms. The van der Waals surface area contributed by atoms with Gasteiger partial charge in [-0.3, -0.25) is 10.2 Å². The fraction of sp³-hybridized carbons (Fsp3) is 0.222. The molecule has 0 fully saturated rings. The lowest BCUT2D eigenvalue weighted by Gasteiger charge is -2.41. The zero-order chi connectivity index (χ0) is 23.6. The van der Waals surface area contributed by atoms with E-state index in [4.69, 9.17) is 11.1 Å². The summed E-state index contributed by atoms with van der Waals surface area (Å²) in [6.45, 7) is 2.14. The van der Waals surface area contributed by atoms with Crippen molar-refractivity contribution >= 4 is 17.7 Å². The van der Waals surface area contributed by atoms with Gasteiger partial charge in [-0.05, 0) is 35.6 Å². The fourth-order valence-electron chi connectivity index (χ4n) is 4.59. The van der Waals surface area contributed by atoms with Gasteiger partial charge in [0, 0.05) is 18.5 Å². The minimum Gasteiger partial charge on any atom is -0.480 e. The van der Waals surface area contributed by atoms with Crippen LogP contribution in [-0.2, 0) is 34.4 Å². The van der Waals surface area contributed by atoms with Crippen molar-refractivity contribution in [1.29, 1.82) is 5.41 Å². The molecule has 3 aromatic rings. The van der Waals surface area contributed by atoms with Crippen molar-refractivity contribution < 1.29 is 14.7 Å². The lowest BCUT2D eigenvalue weighted by atomic mass is 9.75. The second-order valence-corrected chi connectivity index (χ2v) is 8.75. The van der Waals surface area contributed by atoms with E-state index in [1.54, 1.807) is 12.1 Å². The maximum absolute atomic E-state index is 14.1. The largest absolute Gasteiger partial charge is 0.480 e. The smallest absolute Gasteiger partial charge is 0.326 e. The first-order valence-electron chi connectivity index (χ1n) is 10.9. The summed E-state index contributed by atoms with van der Waals surface area (Å²) < 4.78 is 0. The number of fused-ring (bicyclic) bond motifs is 1. The predicted molar refractivity (Wildman–Crippen MR) is 127 cm³/mol. The number of aliphatic carboxylic acids is 1. The number of amides is 1. The molecular weight excluding hydrogens is 414 g/mol. The molecule has 4 N–H and O–H groups in total. The molecule has 168 valence electrons. The van der Waals surface area contributed by atoms with E-state index in [1.165, 1.54) is 4.90 Å². The SMILES string of the molecule is C[C@](Cc1ccc(C(=N)N)cc1)(C(=O)N1Cc2ccccc2C[C@H]1C(=O)O)c1ccccc1. The minimum atomic E-state index is -1.00. The third-order valence-electron chi connectivity index (χ3n) is 6.50. The summed E-state index contributed by atoms with van der Waals surface area (Å²) in [6.07, 6.45) is 0.675. The van der Waals surface area contributed by atoms with Crippen molar-refractivity contribution in [2.24, 2.45) is 5.73 Å². The summed E-state index contributed by atoms with van der Waals surface area (Å²) >= 11 is 0. The average Bonchev–Trinajstić information content (AvgIpc) is 2.83. The quantitative estimate of drug-likeness (QED) is 0.402. The van der Waals surface area contributed by atoms with Gasteiger partial charge in [-0.2, -0.15) is 0 Å². The second-order valence-electron chi connectivity index (χ2n) is 8.75. The molecule has 0 saturated carbocycles. The third kappa shape index (κ3) is 4.37. The Morgan fingerprint density at radius 1 is 1.00 bits per heavy atom. The molecule has 6 nitrogen and oxygen atoms in total. The maximum Gasteiger partial charge on any atom is 0.326 e. The number of amidine groups is 1. The van der Waals surface area contributed by atoms with Crippen LogP contribution in [0, 0.1) is 5.41 Å². The molecule has 0 unspecified atom stereocenters.